The highest BCUT2D eigenvalue weighted by Gasteiger charge is 2.38. The average Bonchev–Trinajstić information content (AvgIpc) is 3.33. The first-order chi connectivity index (χ1) is 22.1. The van der Waals surface area contributed by atoms with Gasteiger partial charge in [0.05, 0.1) is 17.1 Å². The van der Waals surface area contributed by atoms with Gasteiger partial charge >= 0.3 is 0 Å². The van der Waals surface area contributed by atoms with Crippen molar-refractivity contribution < 1.29 is 0 Å². The van der Waals surface area contributed by atoms with Crippen molar-refractivity contribution in [3.63, 3.8) is 0 Å². The molecule has 0 aliphatic heterocycles. The molecule has 0 spiro atoms. The molecule has 0 amide bonds. The molecule has 6 aromatic carbocycles. The van der Waals surface area contributed by atoms with Gasteiger partial charge in [-0.05, 0) is 61.6 Å². The molecule has 0 bridgehead atoms. The summed E-state index contributed by atoms with van der Waals surface area (Å²) < 4.78 is 0. The molecule has 2 heterocycles. The Labute approximate surface area is 261 Å². The minimum absolute atomic E-state index is 0.331. The maximum Gasteiger partial charge on any atom is 0.198 e. The molecule has 9 rings (SSSR count). The number of hydrogen-bond acceptors (Lipinski definition) is 4. The van der Waals surface area contributed by atoms with E-state index in [1.54, 1.807) is 0 Å². The fourth-order valence-electron chi connectivity index (χ4n) is 7.04. The van der Waals surface area contributed by atoms with E-state index < -0.39 is 0 Å². The summed E-state index contributed by atoms with van der Waals surface area (Å²) in [6, 6.07) is 44.7. The Hall–Kier alpha value is -5.74. The maximum absolute atomic E-state index is 5.24. The van der Waals surface area contributed by atoms with Crippen LogP contribution in [0.2, 0.25) is 0 Å². The van der Waals surface area contributed by atoms with Crippen molar-refractivity contribution in [1.29, 1.82) is 0 Å². The Bertz CT molecular complexity index is 2390. The van der Waals surface area contributed by atoms with Gasteiger partial charge in [-0.2, -0.15) is 0 Å². The molecule has 0 radical (unpaired) electrons. The highest BCUT2D eigenvalue weighted by atomic mass is 15.0. The zero-order valence-electron chi connectivity index (χ0n) is 25.0. The van der Waals surface area contributed by atoms with E-state index in [1.165, 1.54) is 43.4 Å². The molecule has 0 N–H and O–H groups in total. The first-order valence-corrected chi connectivity index (χ1v) is 15.3. The molecule has 0 atom stereocenters. The Morgan fingerprint density at radius 2 is 0.933 bits per heavy atom. The van der Waals surface area contributed by atoms with Crippen LogP contribution in [0.5, 0.6) is 0 Å². The molecule has 8 aromatic rings. The molecule has 0 fully saturated rings. The molecule has 0 saturated heterocycles. The van der Waals surface area contributed by atoms with Crippen molar-refractivity contribution in [1.82, 2.24) is 19.9 Å². The molecular weight excluding hydrogens is 548 g/mol. The lowest BCUT2D eigenvalue weighted by atomic mass is 9.83. The molecule has 4 heteroatoms. The molecule has 212 valence electrons. The van der Waals surface area contributed by atoms with Gasteiger partial charge < -0.3 is 0 Å². The van der Waals surface area contributed by atoms with E-state index in [-0.39, 0.29) is 5.41 Å². The lowest BCUT2D eigenvalue weighted by Crippen LogP contribution is -2.17. The molecule has 2 aromatic heterocycles. The highest BCUT2D eigenvalue weighted by molar-refractivity contribution is 6.26. The van der Waals surface area contributed by atoms with Crippen LogP contribution in [-0.4, -0.2) is 19.9 Å². The number of benzene rings is 6. The lowest BCUT2D eigenvalue weighted by molar-refractivity contribution is 0.636. The van der Waals surface area contributed by atoms with Gasteiger partial charge in [-0.25, -0.2) is 19.9 Å². The first-order valence-electron chi connectivity index (χ1n) is 15.3. The Morgan fingerprint density at radius 3 is 1.49 bits per heavy atom. The molecule has 1 aliphatic carbocycles. The molecule has 0 saturated carbocycles. The third kappa shape index (κ3) is 3.92. The van der Waals surface area contributed by atoms with Gasteiger partial charge in [-0.3, -0.25) is 0 Å². The number of fused-ring (bicyclic) bond motifs is 9. The van der Waals surface area contributed by atoms with E-state index in [0.29, 0.717) is 11.6 Å². The third-order valence-electron chi connectivity index (χ3n) is 9.29. The van der Waals surface area contributed by atoms with Gasteiger partial charge in [0.15, 0.2) is 11.6 Å². The third-order valence-corrected chi connectivity index (χ3v) is 9.29. The number of rotatable bonds is 3. The van der Waals surface area contributed by atoms with Crippen molar-refractivity contribution in [3.05, 3.63) is 145 Å². The van der Waals surface area contributed by atoms with E-state index in [9.17, 15) is 0 Å². The van der Waals surface area contributed by atoms with Crippen molar-refractivity contribution in [2.24, 2.45) is 0 Å². The monoisotopic (exact) mass is 576 g/mol. The van der Waals surface area contributed by atoms with Crippen LogP contribution < -0.4 is 0 Å². The smallest absolute Gasteiger partial charge is 0.198 e. The predicted octanol–water partition coefficient (Wildman–Crippen LogP) is 10.0. The van der Waals surface area contributed by atoms with Crippen LogP contribution in [0.4, 0.5) is 0 Å². The van der Waals surface area contributed by atoms with E-state index in [0.717, 1.165) is 33.8 Å². The van der Waals surface area contributed by atoms with Crippen LogP contribution in [0.1, 0.15) is 25.1 Å². The van der Waals surface area contributed by atoms with Gasteiger partial charge in [0.1, 0.15) is 0 Å². The Balaban J connectivity index is 1.25. The van der Waals surface area contributed by atoms with E-state index in [4.69, 9.17) is 19.9 Å². The average molecular weight is 577 g/mol. The molecule has 1 aliphatic rings. The van der Waals surface area contributed by atoms with Gasteiger partial charge in [0.2, 0.25) is 0 Å². The molecular formula is C41H28N4. The van der Waals surface area contributed by atoms with Crippen molar-refractivity contribution in [2.45, 2.75) is 19.3 Å². The van der Waals surface area contributed by atoms with Crippen LogP contribution in [-0.2, 0) is 5.41 Å². The predicted molar refractivity (Wildman–Crippen MR) is 184 cm³/mol. The molecule has 45 heavy (non-hydrogen) atoms. The Morgan fingerprint density at radius 1 is 0.444 bits per heavy atom. The number of hydrogen-bond donors (Lipinski definition) is 0. The molecule has 4 nitrogen and oxygen atoms in total. The van der Waals surface area contributed by atoms with Gasteiger partial charge in [0.25, 0.3) is 0 Å². The SMILES string of the molecule is CC1(C)c2cc3c4ccccc4c4ccccc4c3cc2-c2cnc(-c3nc(-c4ccccc4)cc(-c4ccccc4)n3)nc21. The van der Waals surface area contributed by atoms with Crippen LogP contribution >= 0.6 is 0 Å². The van der Waals surface area contributed by atoms with Gasteiger partial charge in [0, 0.05) is 28.3 Å². The van der Waals surface area contributed by atoms with Crippen molar-refractivity contribution in [2.75, 3.05) is 0 Å². The van der Waals surface area contributed by atoms with Gasteiger partial charge in [-0.1, -0.05) is 123 Å². The fraction of sp³-hybridized carbons (Fsp3) is 0.0732. The number of nitrogens with zero attached hydrogens (tertiary/aromatic N) is 4. The normalized spacial score (nSPS) is 13.3. The van der Waals surface area contributed by atoms with Crippen LogP contribution in [0.15, 0.2) is 134 Å². The lowest BCUT2D eigenvalue weighted by Gasteiger charge is -2.21. The largest absolute Gasteiger partial charge is 0.233 e. The highest BCUT2D eigenvalue weighted by Crippen LogP contribution is 2.50. The summed E-state index contributed by atoms with van der Waals surface area (Å²) in [6.45, 7) is 4.53. The van der Waals surface area contributed by atoms with E-state index in [2.05, 4.69) is 98.8 Å². The second-order valence-electron chi connectivity index (χ2n) is 12.3. The van der Waals surface area contributed by atoms with Crippen LogP contribution in [0, 0.1) is 0 Å². The summed E-state index contributed by atoms with van der Waals surface area (Å²) in [4.78, 5) is 20.1. The number of aromatic nitrogens is 4. The second kappa shape index (κ2) is 9.63. The minimum atomic E-state index is -0.331. The van der Waals surface area contributed by atoms with E-state index >= 15 is 0 Å². The summed E-state index contributed by atoms with van der Waals surface area (Å²) in [5, 5.41) is 7.60. The van der Waals surface area contributed by atoms with Gasteiger partial charge in [-0.15, -0.1) is 0 Å². The summed E-state index contributed by atoms with van der Waals surface area (Å²) in [5.41, 5.74) is 7.94. The summed E-state index contributed by atoms with van der Waals surface area (Å²) in [6.07, 6.45) is 1.97. The summed E-state index contributed by atoms with van der Waals surface area (Å²) in [7, 11) is 0. The van der Waals surface area contributed by atoms with Crippen LogP contribution in [0.25, 0.3) is 77.6 Å². The summed E-state index contributed by atoms with van der Waals surface area (Å²) in [5.74, 6) is 1.05. The summed E-state index contributed by atoms with van der Waals surface area (Å²) >= 11 is 0. The fourth-order valence-corrected chi connectivity index (χ4v) is 7.04. The first kappa shape index (κ1) is 25.7. The molecule has 0 unspecified atom stereocenters. The van der Waals surface area contributed by atoms with E-state index in [1.807, 2.05) is 48.7 Å². The van der Waals surface area contributed by atoms with Crippen molar-refractivity contribution in [3.8, 4) is 45.3 Å². The minimum Gasteiger partial charge on any atom is -0.233 e. The zero-order valence-corrected chi connectivity index (χ0v) is 25.0. The standard InChI is InChI=1S/C41H28N4/c1-41(2)35-22-32-30-20-12-10-18-28(30)27-17-9-11-19-29(27)31(32)21-33(35)34-24-42-39(45-38(34)41)40-43-36(25-13-5-3-6-14-25)23-37(44-40)26-15-7-4-8-16-26/h3-24H,1-2H3. The van der Waals surface area contributed by atoms with Crippen LogP contribution in [0.3, 0.4) is 0 Å². The second-order valence-corrected chi connectivity index (χ2v) is 12.3. The topological polar surface area (TPSA) is 51.6 Å². The Kier molecular flexibility index (Phi) is 5.51. The quantitative estimate of drug-likeness (QED) is 0.196. The maximum atomic E-state index is 5.24. The zero-order chi connectivity index (χ0) is 30.1. The van der Waals surface area contributed by atoms with Crippen molar-refractivity contribution >= 4 is 32.3 Å².